The van der Waals surface area contributed by atoms with Crippen LogP contribution in [-0.2, 0) is 17.9 Å². The number of aromatic carboxylic acids is 1. The highest BCUT2D eigenvalue weighted by Gasteiger charge is 2.33. The zero-order chi connectivity index (χ0) is 23.8. The molecule has 8 nitrogen and oxygen atoms in total. The van der Waals surface area contributed by atoms with Crippen molar-refractivity contribution >= 4 is 46.5 Å². The molecule has 2 N–H and O–H groups in total. The predicted molar refractivity (Wildman–Crippen MR) is 125 cm³/mol. The Labute approximate surface area is 198 Å². The molecule has 1 saturated heterocycles. The second-order valence-electron chi connectivity index (χ2n) is 7.81. The molecule has 3 amide bonds. The third-order valence-corrected chi connectivity index (χ3v) is 5.79. The summed E-state index contributed by atoms with van der Waals surface area (Å²) in [6, 6.07) is 17.1. The van der Waals surface area contributed by atoms with Crippen molar-refractivity contribution in [2.24, 2.45) is 0 Å². The molecular weight excluding hydrogens is 458 g/mol. The summed E-state index contributed by atoms with van der Waals surface area (Å²) < 4.78 is 7.29. The SMILES string of the molecule is O=C(O)c1ccc(Cn2cc(/C=C3\NC(=O)N(Cc4ccc(Cl)cc4)C3=O)c3ccccc32)o1. The van der Waals surface area contributed by atoms with Gasteiger partial charge in [-0.1, -0.05) is 41.9 Å². The maximum absolute atomic E-state index is 13.0. The molecule has 5 rings (SSSR count). The number of carbonyl (C=O) groups excluding carboxylic acids is 2. The van der Waals surface area contributed by atoms with Gasteiger partial charge in [-0.2, -0.15) is 0 Å². The first-order valence-electron chi connectivity index (χ1n) is 10.4. The Hall–Kier alpha value is -4.30. The number of furan rings is 1. The van der Waals surface area contributed by atoms with Crippen molar-refractivity contribution in [2.75, 3.05) is 0 Å². The second kappa shape index (κ2) is 8.57. The number of halogens is 1. The summed E-state index contributed by atoms with van der Waals surface area (Å²) in [4.78, 5) is 37.7. The van der Waals surface area contributed by atoms with E-state index in [1.165, 1.54) is 6.07 Å². The van der Waals surface area contributed by atoms with Gasteiger partial charge in [-0.25, -0.2) is 9.59 Å². The van der Waals surface area contributed by atoms with Crippen LogP contribution >= 0.6 is 11.6 Å². The van der Waals surface area contributed by atoms with Gasteiger partial charge in [0, 0.05) is 27.7 Å². The fourth-order valence-electron chi connectivity index (χ4n) is 3.91. The summed E-state index contributed by atoms with van der Waals surface area (Å²) in [5, 5.41) is 13.2. The Morgan fingerprint density at radius 1 is 1.03 bits per heavy atom. The van der Waals surface area contributed by atoms with Crippen LogP contribution in [0.2, 0.25) is 5.02 Å². The number of urea groups is 1. The number of hydrogen-bond donors (Lipinski definition) is 2. The number of fused-ring (bicyclic) bond motifs is 1. The van der Waals surface area contributed by atoms with E-state index in [0.29, 0.717) is 17.3 Å². The van der Waals surface area contributed by atoms with Gasteiger partial charge in [-0.3, -0.25) is 9.69 Å². The molecule has 2 aromatic carbocycles. The molecule has 0 spiro atoms. The van der Waals surface area contributed by atoms with Gasteiger partial charge in [-0.15, -0.1) is 0 Å². The van der Waals surface area contributed by atoms with Gasteiger partial charge in [0.25, 0.3) is 5.91 Å². The largest absolute Gasteiger partial charge is 0.475 e. The quantitative estimate of drug-likeness (QED) is 0.310. The average molecular weight is 476 g/mol. The van der Waals surface area contributed by atoms with Crippen molar-refractivity contribution in [2.45, 2.75) is 13.1 Å². The molecule has 3 heterocycles. The summed E-state index contributed by atoms with van der Waals surface area (Å²) in [6.45, 7) is 0.436. The maximum Gasteiger partial charge on any atom is 0.371 e. The van der Waals surface area contributed by atoms with Gasteiger partial charge in [-0.05, 0) is 42.0 Å². The fraction of sp³-hybridized carbons (Fsp3) is 0.0800. The van der Waals surface area contributed by atoms with E-state index in [-0.39, 0.29) is 18.0 Å². The minimum absolute atomic E-state index is 0.130. The van der Waals surface area contributed by atoms with Gasteiger partial charge in [0.1, 0.15) is 11.5 Å². The number of aromatic nitrogens is 1. The highest BCUT2D eigenvalue weighted by atomic mass is 35.5. The van der Waals surface area contributed by atoms with Crippen LogP contribution < -0.4 is 5.32 Å². The van der Waals surface area contributed by atoms with E-state index in [4.69, 9.17) is 21.1 Å². The van der Waals surface area contributed by atoms with Crippen LogP contribution in [0.25, 0.3) is 17.0 Å². The number of benzene rings is 2. The third-order valence-electron chi connectivity index (χ3n) is 5.53. The molecule has 0 radical (unpaired) electrons. The summed E-state index contributed by atoms with van der Waals surface area (Å²) in [7, 11) is 0. The van der Waals surface area contributed by atoms with E-state index in [1.807, 2.05) is 35.0 Å². The highest BCUT2D eigenvalue weighted by molar-refractivity contribution is 6.30. The van der Waals surface area contributed by atoms with Crippen LogP contribution in [0.5, 0.6) is 0 Å². The number of amides is 3. The number of nitrogens with zero attached hydrogens (tertiary/aromatic N) is 2. The van der Waals surface area contributed by atoms with Crippen molar-refractivity contribution in [1.82, 2.24) is 14.8 Å². The molecule has 4 aromatic rings. The third kappa shape index (κ3) is 4.06. The standard InChI is InChI=1S/C25H18ClN3O5/c26-17-7-5-15(6-8-17)12-29-23(30)20(27-25(29)33)11-16-13-28(21-4-2-1-3-19(16)21)14-18-9-10-22(34-18)24(31)32/h1-11,13H,12,14H2,(H,27,33)(H,31,32)/b20-11-. The Bertz CT molecular complexity index is 1470. The van der Waals surface area contributed by atoms with E-state index in [1.54, 1.807) is 36.4 Å². The summed E-state index contributed by atoms with van der Waals surface area (Å²) >= 11 is 5.91. The van der Waals surface area contributed by atoms with Crippen molar-refractivity contribution in [1.29, 1.82) is 0 Å². The Kier molecular flexibility index (Phi) is 5.43. The first kappa shape index (κ1) is 21.5. The summed E-state index contributed by atoms with van der Waals surface area (Å²) in [5.41, 5.74) is 2.56. The molecule has 0 bridgehead atoms. The Morgan fingerprint density at radius 2 is 1.79 bits per heavy atom. The minimum atomic E-state index is -1.13. The molecule has 1 aliphatic rings. The number of carboxylic acid groups (broad SMARTS) is 1. The first-order valence-corrected chi connectivity index (χ1v) is 10.8. The topological polar surface area (TPSA) is 105 Å². The monoisotopic (exact) mass is 475 g/mol. The normalized spacial score (nSPS) is 14.9. The van der Waals surface area contributed by atoms with Gasteiger partial charge < -0.3 is 19.4 Å². The molecule has 0 aliphatic carbocycles. The van der Waals surface area contributed by atoms with Crippen molar-refractivity contribution < 1.29 is 23.9 Å². The lowest BCUT2D eigenvalue weighted by molar-refractivity contribution is -0.123. The van der Waals surface area contributed by atoms with Gasteiger partial charge >= 0.3 is 12.0 Å². The van der Waals surface area contributed by atoms with Gasteiger partial charge in [0.15, 0.2) is 0 Å². The number of nitrogens with one attached hydrogen (secondary N) is 1. The zero-order valence-electron chi connectivity index (χ0n) is 17.7. The molecule has 9 heteroatoms. The lowest BCUT2D eigenvalue weighted by atomic mass is 10.1. The van der Waals surface area contributed by atoms with E-state index in [0.717, 1.165) is 26.9 Å². The van der Waals surface area contributed by atoms with Crippen molar-refractivity contribution in [3.8, 4) is 0 Å². The van der Waals surface area contributed by atoms with Crippen LogP contribution in [0.4, 0.5) is 4.79 Å². The molecule has 0 atom stereocenters. The number of carboxylic acids is 1. The molecular formula is C25H18ClN3O5. The molecule has 34 heavy (non-hydrogen) atoms. The minimum Gasteiger partial charge on any atom is -0.475 e. The van der Waals surface area contributed by atoms with Crippen LogP contribution in [0.3, 0.4) is 0 Å². The van der Waals surface area contributed by atoms with E-state index in [9.17, 15) is 14.4 Å². The molecule has 170 valence electrons. The van der Waals surface area contributed by atoms with Crippen LogP contribution in [0.1, 0.15) is 27.4 Å². The number of rotatable bonds is 6. The highest BCUT2D eigenvalue weighted by Crippen LogP contribution is 2.26. The summed E-state index contributed by atoms with van der Waals surface area (Å²) in [6.07, 6.45) is 3.48. The number of para-hydroxylation sites is 1. The second-order valence-corrected chi connectivity index (χ2v) is 8.24. The lowest BCUT2D eigenvalue weighted by Gasteiger charge is -2.11. The van der Waals surface area contributed by atoms with Crippen molar-refractivity contribution in [3.05, 3.63) is 100 Å². The molecule has 1 aliphatic heterocycles. The lowest BCUT2D eigenvalue weighted by Crippen LogP contribution is -2.30. The number of hydrogen-bond acceptors (Lipinski definition) is 4. The first-order chi connectivity index (χ1) is 16.4. The smallest absolute Gasteiger partial charge is 0.371 e. The van der Waals surface area contributed by atoms with E-state index in [2.05, 4.69) is 5.32 Å². The fourth-order valence-corrected chi connectivity index (χ4v) is 4.04. The summed E-state index contributed by atoms with van der Waals surface area (Å²) in [5.74, 6) is -1.20. The van der Waals surface area contributed by atoms with Crippen LogP contribution in [0, 0.1) is 0 Å². The van der Waals surface area contributed by atoms with Gasteiger partial charge in [0.05, 0.1) is 13.1 Å². The molecule has 0 saturated carbocycles. The average Bonchev–Trinajstić information content (AvgIpc) is 3.50. The van der Waals surface area contributed by atoms with Gasteiger partial charge in [0.2, 0.25) is 5.76 Å². The van der Waals surface area contributed by atoms with Crippen LogP contribution in [0.15, 0.2) is 77.0 Å². The van der Waals surface area contributed by atoms with E-state index >= 15 is 0 Å². The van der Waals surface area contributed by atoms with E-state index < -0.39 is 17.9 Å². The molecule has 0 unspecified atom stereocenters. The predicted octanol–water partition coefficient (Wildman–Crippen LogP) is 4.73. The zero-order valence-corrected chi connectivity index (χ0v) is 18.5. The molecule has 1 fully saturated rings. The van der Waals surface area contributed by atoms with Crippen molar-refractivity contribution in [3.63, 3.8) is 0 Å². The Morgan fingerprint density at radius 3 is 2.53 bits per heavy atom. The number of imide groups is 1. The maximum atomic E-state index is 13.0. The number of carbonyl (C=O) groups is 3. The van der Waals surface area contributed by atoms with Crippen LogP contribution in [-0.4, -0.2) is 32.5 Å². The Balaban J connectivity index is 1.44. The molecule has 2 aromatic heterocycles.